The van der Waals surface area contributed by atoms with Crippen molar-refractivity contribution in [2.45, 2.75) is 13.5 Å². The van der Waals surface area contributed by atoms with Gasteiger partial charge in [0.05, 0.1) is 12.7 Å². The summed E-state index contributed by atoms with van der Waals surface area (Å²) < 4.78 is 4.67. The Morgan fingerprint density at radius 1 is 1.18 bits per heavy atom. The fraction of sp³-hybridized carbons (Fsp3) is 0.176. The molecule has 0 unspecified atom stereocenters. The molecule has 0 fully saturated rings. The number of halogens is 1. The van der Waals surface area contributed by atoms with E-state index in [0.29, 0.717) is 22.7 Å². The molecule has 0 saturated heterocycles. The topological polar surface area (TPSA) is 55.4 Å². The van der Waals surface area contributed by atoms with Gasteiger partial charge in [0.2, 0.25) is 0 Å². The molecule has 0 aliphatic carbocycles. The molecule has 2 aromatic carbocycles. The standard InChI is InChI=1S/C17H16ClNO3/c1-11-6-7-13(17(21)22-2)9-15(11)16(20)19-10-12-4-3-5-14(18)8-12/h3-9H,10H2,1-2H3,(H,19,20). The second kappa shape index (κ2) is 7.09. The molecule has 2 aromatic rings. The molecule has 0 aliphatic rings. The van der Waals surface area contributed by atoms with Crippen LogP contribution in [0.1, 0.15) is 31.8 Å². The van der Waals surface area contributed by atoms with E-state index < -0.39 is 5.97 Å². The van der Waals surface area contributed by atoms with Crippen LogP contribution in [-0.2, 0) is 11.3 Å². The van der Waals surface area contributed by atoms with Gasteiger partial charge < -0.3 is 10.1 Å². The van der Waals surface area contributed by atoms with Gasteiger partial charge in [0.1, 0.15) is 0 Å². The molecule has 4 nitrogen and oxygen atoms in total. The van der Waals surface area contributed by atoms with Crippen molar-refractivity contribution in [2.24, 2.45) is 0 Å². The molecule has 0 atom stereocenters. The van der Waals surface area contributed by atoms with Crippen LogP contribution in [0.4, 0.5) is 0 Å². The minimum absolute atomic E-state index is 0.247. The van der Waals surface area contributed by atoms with Crippen molar-refractivity contribution >= 4 is 23.5 Å². The van der Waals surface area contributed by atoms with E-state index in [1.807, 2.05) is 19.1 Å². The molecule has 0 saturated carbocycles. The smallest absolute Gasteiger partial charge is 0.337 e. The summed E-state index contributed by atoms with van der Waals surface area (Å²) in [6, 6.07) is 12.2. The number of rotatable bonds is 4. The zero-order chi connectivity index (χ0) is 16.1. The number of benzene rings is 2. The summed E-state index contributed by atoms with van der Waals surface area (Å²) in [5.74, 6) is -0.716. The zero-order valence-corrected chi connectivity index (χ0v) is 13.1. The lowest BCUT2D eigenvalue weighted by molar-refractivity contribution is 0.0600. The van der Waals surface area contributed by atoms with Crippen LogP contribution in [0.25, 0.3) is 0 Å². The van der Waals surface area contributed by atoms with Gasteiger partial charge in [-0.15, -0.1) is 0 Å². The van der Waals surface area contributed by atoms with Gasteiger partial charge in [-0.3, -0.25) is 4.79 Å². The van der Waals surface area contributed by atoms with E-state index >= 15 is 0 Å². The summed E-state index contributed by atoms with van der Waals surface area (Å²) in [6.07, 6.45) is 0. The van der Waals surface area contributed by atoms with Crippen LogP contribution in [0, 0.1) is 6.92 Å². The second-order valence-electron chi connectivity index (χ2n) is 4.83. The Kier molecular flexibility index (Phi) is 5.17. The van der Waals surface area contributed by atoms with Crippen molar-refractivity contribution in [3.8, 4) is 0 Å². The monoisotopic (exact) mass is 317 g/mol. The van der Waals surface area contributed by atoms with Crippen LogP contribution in [0.3, 0.4) is 0 Å². The molecule has 0 aliphatic heterocycles. The summed E-state index contributed by atoms with van der Waals surface area (Å²) in [6.45, 7) is 2.18. The normalized spacial score (nSPS) is 10.1. The van der Waals surface area contributed by atoms with Gasteiger partial charge in [0.25, 0.3) is 5.91 Å². The lowest BCUT2D eigenvalue weighted by Gasteiger charge is -2.09. The number of ether oxygens (including phenoxy) is 1. The number of carbonyl (C=O) groups excluding carboxylic acids is 2. The van der Waals surface area contributed by atoms with E-state index in [9.17, 15) is 9.59 Å². The molecule has 0 radical (unpaired) electrons. The Hall–Kier alpha value is -2.33. The highest BCUT2D eigenvalue weighted by atomic mass is 35.5. The first-order valence-corrected chi connectivity index (χ1v) is 7.10. The molecule has 22 heavy (non-hydrogen) atoms. The van der Waals surface area contributed by atoms with Crippen LogP contribution in [0.5, 0.6) is 0 Å². The van der Waals surface area contributed by atoms with Gasteiger partial charge in [-0.25, -0.2) is 4.79 Å². The van der Waals surface area contributed by atoms with Crippen molar-refractivity contribution < 1.29 is 14.3 Å². The van der Waals surface area contributed by atoms with Crippen LogP contribution in [0.2, 0.25) is 5.02 Å². The van der Waals surface area contributed by atoms with E-state index in [1.165, 1.54) is 13.2 Å². The first kappa shape index (κ1) is 16.0. The Labute approximate surface area is 134 Å². The average Bonchev–Trinajstić information content (AvgIpc) is 2.52. The first-order chi connectivity index (χ1) is 10.5. The first-order valence-electron chi connectivity index (χ1n) is 6.73. The van der Waals surface area contributed by atoms with Crippen molar-refractivity contribution in [3.05, 3.63) is 69.7 Å². The maximum Gasteiger partial charge on any atom is 0.337 e. The number of aryl methyl sites for hydroxylation is 1. The number of nitrogens with one attached hydrogen (secondary N) is 1. The number of carbonyl (C=O) groups is 2. The SMILES string of the molecule is COC(=O)c1ccc(C)c(C(=O)NCc2cccc(Cl)c2)c1. The van der Waals surface area contributed by atoms with E-state index in [0.717, 1.165) is 11.1 Å². The predicted molar refractivity (Wildman–Crippen MR) is 85.1 cm³/mol. The molecule has 114 valence electrons. The van der Waals surface area contributed by atoms with E-state index in [4.69, 9.17) is 11.6 Å². The summed E-state index contributed by atoms with van der Waals surface area (Å²) >= 11 is 5.91. The molecule has 2 rings (SSSR count). The summed E-state index contributed by atoms with van der Waals surface area (Å²) in [4.78, 5) is 23.8. The Balaban J connectivity index is 2.13. The zero-order valence-electron chi connectivity index (χ0n) is 12.4. The van der Waals surface area contributed by atoms with Crippen LogP contribution in [0.15, 0.2) is 42.5 Å². The van der Waals surface area contributed by atoms with Gasteiger partial charge in [0, 0.05) is 17.1 Å². The van der Waals surface area contributed by atoms with Gasteiger partial charge in [-0.1, -0.05) is 29.8 Å². The minimum atomic E-state index is -0.469. The summed E-state index contributed by atoms with van der Waals surface area (Å²) in [5.41, 5.74) is 2.49. The Morgan fingerprint density at radius 3 is 2.64 bits per heavy atom. The third kappa shape index (κ3) is 3.86. The molecule has 1 N–H and O–H groups in total. The van der Waals surface area contributed by atoms with Gasteiger partial charge >= 0.3 is 5.97 Å². The van der Waals surface area contributed by atoms with Crippen LogP contribution >= 0.6 is 11.6 Å². The maximum atomic E-state index is 12.3. The molecule has 1 amide bonds. The second-order valence-corrected chi connectivity index (χ2v) is 5.27. The fourth-order valence-corrected chi connectivity index (χ4v) is 2.25. The van der Waals surface area contributed by atoms with E-state index in [1.54, 1.807) is 24.3 Å². The van der Waals surface area contributed by atoms with Crippen molar-refractivity contribution in [2.75, 3.05) is 7.11 Å². The predicted octanol–water partition coefficient (Wildman–Crippen LogP) is 3.37. The molecule has 0 bridgehead atoms. The summed E-state index contributed by atoms with van der Waals surface area (Å²) in [7, 11) is 1.31. The number of hydrogen-bond acceptors (Lipinski definition) is 3. The molecule has 5 heteroatoms. The van der Waals surface area contributed by atoms with Gasteiger partial charge in [-0.05, 0) is 42.3 Å². The van der Waals surface area contributed by atoms with Crippen LogP contribution < -0.4 is 5.32 Å². The van der Waals surface area contributed by atoms with Crippen molar-refractivity contribution in [1.29, 1.82) is 0 Å². The molecular formula is C17H16ClNO3. The lowest BCUT2D eigenvalue weighted by atomic mass is 10.0. The number of amides is 1. The molecule has 0 aromatic heterocycles. The number of methoxy groups -OCH3 is 1. The Morgan fingerprint density at radius 2 is 1.95 bits per heavy atom. The minimum Gasteiger partial charge on any atom is -0.465 e. The molecular weight excluding hydrogens is 302 g/mol. The Bertz CT molecular complexity index is 713. The van der Waals surface area contributed by atoms with Gasteiger partial charge in [0.15, 0.2) is 0 Å². The van der Waals surface area contributed by atoms with E-state index in [-0.39, 0.29) is 5.91 Å². The van der Waals surface area contributed by atoms with Crippen LogP contribution in [-0.4, -0.2) is 19.0 Å². The van der Waals surface area contributed by atoms with Crippen molar-refractivity contribution in [1.82, 2.24) is 5.32 Å². The number of hydrogen-bond donors (Lipinski definition) is 1. The van der Waals surface area contributed by atoms with Gasteiger partial charge in [-0.2, -0.15) is 0 Å². The quantitative estimate of drug-likeness (QED) is 0.880. The molecule has 0 spiro atoms. The fourth-order valence-electron chi connectivity index (χ4n) is 2.04. The number of esters is 1. The van der Waals surface area contributed by atoms with Crippen molar-refractivity contribution in [3.63, 3.8) is 0 Å². The summed E-state index contributed by atoms with van der Waals surface area (Å²) in [5, 5.41) is 3.44. The highest BCUT2D eigenvalue weighted by molar-refractivity contribution is 6.30. The average molecular weight is 318 g/mol. The lowest BCUT2D eigenvalue weighted by Crippen LogP contribution is -2.24. The third-order valence-electron chi connectivity index (χ3n) is 3.25. The molecule has 0 heterocycles. The van der Waals surface area contributed by atoms with E-state index in [2.05, 4.69) is 10.1 Å². The third-order valence-corrected chi connectivity index (χ3v) is 3.48. The largest absolute Gasteiger partial charge is 0.465 e. The highest BCUT2D eigenvalue weighted by Gasteiger charge is 2.13. The highest BCUT2D eigenvalue weighted by Crippen LogP contribution is 2.14. The maximum absolute atomic E-state index is 12.3.